The van der Waals surface area contributed by atoms with Crippen LogP contribution in [0, 0.1) is 6.92 Å². The molecule has 0 aliphatic heterocycles. The number of nitrogens with two attached hydrogens (primary N) is 1. The number of carbonyl (C=O) groups is 1. The molecule has 0 aliphatic rings. The summed E-state index contributed by atoms with van der Waals surface area (Å²) in [6, 6.07) is 32.9. The topological polar surface area (TPSA) is 72.9 Å². The number of benzene rings is 3. The van der Waals surface area contributed by atoms with Crippen molar-refractivity contribution in [1.29, 1.82) is 0 Å². The normalized spacial score (nSPS) is 10.8. The number of carbonyl (C=O) groups excluding carboxylic acids is 1. The molecule has 5 rings (SSSR count). The van der Waals surface area contributed by atoms with Gasteiger partial charge in [-0.3, -0.25) is 4.79 Å². The van der Waals surface area contributed by atoms with E-state index in [1.807, 2.05) is 91.9 Å². The van der Waals surface area contributed by atoms with Gasteiger partial charge in [0.1, 0.15) is 5.82 Å². The zero-order valence-electron chi connectivity index (χ0n) is 19.8. The molecular weight excluding hydrogens is 468 g/mol. The molecule has 2 heterocycles. The van der Waals surface area contributed by atoms with Crippen LogP contribution in [0.4, 0.5) is 11.5 Å². The number of nitrogens with zero attached hydrogens (tertiary/aromatic N) is 2. The fourth-order valence-corrected chi connectivity index (χ4v) is 4.49. The molecule has 0 atom stereocenters. The van der Waals surface area contributed by atoms with Gasteiger partial charge >= 0.3 is 0 Å². The standard InChI is InChI=1S/C30H25ClN4O/c1-20-6-4-7-22(18-20)30(36)34-23-14-12-21(13-15-23)27-16-17-28(25-9-2-3-10-26(25)31)35(27)19-24-8-5-11-29(32)33-24/h2-18H,19H2,1H3,(H2,32,33)(H,34,36). The number of hydrogen-bond acceptors (Lipinski definition) is 3. The molecule has 0 unspecified atom stereocenters. The van der Waals surface area contributed by atoms with Gasteiger partial charge in [-0.15, -0.1) is 0 Å². The van der Waals surface area contributed by atoms with Gasteiger partial charge in [0.25, 0.3) is 5.91 Å². The van der Waals surface area contributed by atoms with Crippen LogP contribution in [-0.4, -0.2) is 15.5 Å². The summed E-state index contributed by atoms with van der Waals surface area (Å²) in [5.41, 5.74) is 13.1. The molecule has 0 spiro atoms. The lowest BCUT2D eigenvalue weighted by Crippen LogP contribution is -2.11. The molecule has 178 valence electrons. The van der Waals surface area contributed by atoms with E-state index in [4.69, 9.17) is 17.3 Å². The van der Waals surface area contributed by atoms with E-state index in [1.165, 1.54) is 0 Å². The molecule has 0 radical (unpaired) electrons. The first-order chi connectivity index (χ1) is 17.5. The number of anilines is 2. The molecule has 3 aromatic carbocycles. The highest BCUT2D eigenvalue weighted by atomic mass is 35.5. The fraction of sp³-hybridized carbons (Fsp3) is 0.0667. The van der Waals surface area contributed by atoms with Crippen molar-refractivity contribution in [3.63, 3.8) is 0 Å². The molecule has 6 heteroatoms. The van der Waals surface area contributed by atoms with Crippen molar-refractivity contribution in [2.75, 3.05) is 11.1 Å². The maximum atomic E-state index is 12.7. The van der Waals surface area contributed by atoms with E-state index in [9.17, 15) is 4.79 Å². The molecule has 36 heavy (non-hydrogen) atoms. The summed E-state index contributed by atoms with van der Waals surface area (Å²) in [7, 11) is 0. The lowest BCUT2D eigenvalue weighted by Gasteiger charge is -2.15. The van der Waals surface area contributed by atoms with Crippen molar-refractivity contribution in [3.05, 3.63) is 125 Å². The van der Waals surface area contributed by atoms with Crippen LogP contribution in [0.3, 0.4) is 0 Å². The van der Waals surface area contributed by atoms with E-state index in [1.54, 1.807) is 6.07 Å². The van der Waals surface area contributed by atoms with E-state index in [-0.39, 0.29) is 5.91 Å². The Kier molecular flexibility index (Phi) is 6.56. The third-order valence-electron chi connectivity index (χ3n) is 6.00. The van der Waals surface area contributed by atoms with Crippen molar-refractivity contribution in [1.82, 2.24) is 9.55 Å². The summed E-state index contributed by atoms with van der Waals surface area (Å²) in [5, 5.41) is 3.66. The van der Waals surface area contributed by atoms with Crippen LogP contribution in [0.1, 0.15) is 21.6 Å². The van der Waals surface area contributed by atoms with Gasteiger partial charge in [-0.05, 0) is 67.1 Å². The minimum absolute atomic E-state index is 0.136. The smallest absolute Gasteiger partial charge is 0.255 e. The number of aromatic nitrogens is 2. The first-order valence-electron chi connectivity index (χ1n) is 11.6. The second kappa shape index (κ2) is 10.1. The van der Waals surface area contributed by atoms with Crippen molar-refractivity contribution < 1.29 is 4.79 Å². The van der Waals surface area contributed by atoms with Crippen LogP contribution < -0.4 is 11.1 Å². The average Bonchev–Trinajstić information content (AvgIpc) is 3.28. The van der Waals surface area contributed by atoms with Crippen LogP contribution in [0.5, 0.6) is 0 Å². The first kappa shape index (κ1) is 23.4. The number of pyridine rings is 1. The summed E-state index contributed by atoms with van der Waals surface area (Å²) in [6.07, 6.45) is 0. The highest BCUT2D eigenvalue weighted by molar-refractivity contribution is 6.33. The lowest BCUT2D eigenvalue weighted by molar-refractivity contribution is 0.102. The Bertz CT molecular complexity index is 1540. The second-order valence-corrected chi connectivity index (χ2v) is 9.03. The summed E-state index contributed by atoms with van der Waals surface area (Å²) < 4.78 is 2.18. The van der Waals surface area contributed by atoms with E-state index in [2.05, 4.69) is 27.0 Å². The van der Waals surface area contributed by atoms with Gasteiger partial charge in [0.15, 0.2) is 0 Å². The average molecular weight is 493 g/mol. The minimum atomic E-state index is -0.136. The third-order valence-corrected chi connectivity index (χ3v) is 6.33. The lowest BCUT2D eigenvalue weighted by atomic mass is 10.1. The molecule has 0 bridgehead atoms. The van der Waals surface area contributed by atoms with Gasteiger partial charge in [0.05, 0.1) is 17.9 Å². The maximum absolute atomic E-state index is 12.7. The molecule has 0 fully saturated rings. The number of halogens is 1. The van der Waals surface area contributed by atoms with Crippen molar-refractivity contribution in [2.24, 2.45) is 0 Å². The molecule has 5 aromatic rings. The number of nitrogens with one attached hydrogen (secondary N) is 1. The Balaban J connectivity index is 1.48. The quantitative estimate of drug-likeness (QED) is 0.266. The van der Waals surface area contributed by atoms with E-state index >= 15 is 0 Å². The highest BCUT2D eigenvalue weighted by Gasteiger charge is 2.15. The summed E-state index contributed by atoms with van der Waals surface area (Å²) in [4.78, 5) is 17.2. The Morgan fingerprint density at radius 2 is 1.64 bits per heavy atom. The zero-order valence-corrected chi connectivity index (χ0v) is 20.5. The van der Waals surface area contributed by atoms with Gasteiger partial charge < -0.3 is 15.6 Å². The third kappa shape index (κ3) is 5.02. The summed E-state index contributed by atoms with van der Waals surface area (Å²) >= 11 is 6.55. The van der Waals surface area contributed by atoms with Gasteiger partial charge in [0.2, 0.25) is 0 Å². The monoisotopic (exact) mass is 492 g/mol. The molecular formula is C30H25ClN4O. The summed E-state index contributed by atoms with van der Waals surface area (Å²) in [6.45, 7) is 2.50. The number of hydrogen-bond donors (Lipinski definition) is 2. The second-order valence-electron chi connectivity index (χ2n) is 8.62. The van der Waals surface area contributed by atoms with E-state index in [0.29, 0.717) is 22.9 Å². The molecule has 1 amide bonds. The highest BCUT2D eigenvalue weighted by Crippen LogP contribution is 2.34. The number of nitrogen functional groups attached to an aromatic ring is 1. The SMILES string of the molecule is Cc1cccc(C(=O)Nc2ccc(-c3ccc(-c4ccccc4Cl)n3Cc3cccc(N)n3)cc2)c1. The molecule has 2 aromatic heterocycles. The Morgan fingerprint density at radius 3 is 2.39 bits per heavy atom. The zero-order chi connectivity index (χ0) is 25.1. The molecule has 0 aliphatic carbocycles. The number of amides is 1. The fourth-order valence-electron chi connectivity index (χ4n) is 4.26. The van der Waals surface area contributed by atoms with E-state index in [0.717, 1.165) is 39.5 Å². The Labute approximate surface area is 215 Å². The molecule has 0 saturated carbocycles. The minimum Gasteiger partial charge on any atom is -0.384 e. The van der Waals surface area contributed by atoms with Gasteiger partial charge in [0, 0.05) is 27.5 Å². The van der Waals surface area contributed by atoms with Crippen LogP contribution in [0.2, 0.25) is 5.02 Å². The van der Waals surface area contributed by atoms with E-state index < -0.39 is 0 Å². The Morgan fingerprint density at radius 1 is 0.889 bits per heavy atom. The van der Waals surface area contributed by atoms with Gasteiger partial charge in [-0.25, -0.2) is 4.98 Å². The van der Waals surface area contributed by atoms with Crippen LogP contribution >= 0.6 is 11.6 Å². The van der Waals surface area contributed by atoms with Crippen molar-refractivity contribution in [3.8, 4) is 22.5 Å². The number of aryl methyl sites for hydroxylation is 1. The molecule has 0 saturated heterocycles. The van der Waals surface area contributed by atoms with Crippen LogP contribution in [0.15, 0.2) is 103 Å². The van der Waals surface area contributed by atoms with Crippen molar-refractivity contribution >= 4 is 29.0 Å². The first-order valence-corrected chi connectivity index (χ1v) is 12.0. The van der Waals surface area contributed by atoms with Crippen LogP contribution in [0.25, 0.3) is 22.5 Å². The molecule has 3 N–H and O–H groups in total. The van der Waals surface area contributed by atoms with Gasteiger partial charge in [-0.2, -0.15) is 0 Å². The Hall–Kier alpha value is -4.35. The predicted molar refractivity (Wildman–Crippen MR) is 147 cm³/mol. The molecule has 5 nitrogen and oxygen atoms in total. The van der Waals surface area contributed by atoms with Gasteiger partial charge in [-0.1, -0.05) is 65.7 Å². The maximum Gasteiger partial charge on any atom is 0.255 e. The summed E-state index contributed by atoms with van der Waals surface area (Å²) in [5.74, 6) is 0.345. The number of rotatable bonds is 6. The van der Waals surface area contributed by atoms with Crippen molar-refractivity contribution in [2.45, 2.75) is 13.5 Å². The largest absolute Gasteiger partial charge is 0.384 e. The predicted octanol–water partition coefficient (Wildman–Crippen LogP) is 7.06. The van der Waals surface area contributed by atoms with Crippen LogP contribution in [-0.2, 0) is 6.54 Å².